The number of aliphatic hydroxyl groups is 1. The number of carbonyl (C=O) groups excluding carboxylic acids is 1. The Hall–Kier alpha value is -2.28. The minimum atomic E-state index is -4.60. The molecule has 1 aromatic heterocycles. The number of aliphatic hydroxyl groups excluding tert-OH is 1. The Labute approximate surface area is 117 Å². The third-order valence-corrected chi connectivity index (χ3v) is 2.84. The number of benzene rings is 1. The van der Waals surface area contributed by atoms with E-state index in [1.54, 1.807) is 0 Å². The fourth-order valence-electron chi connectivity index (χ4n) is 1.86. The Balaban J connectivity index is 2.39. The first-order chi connectivity index (χ1) is 9.84. The van der Waals surface area contributed by atoms with Gasteiger partial charge >= 0.3 is 12.1 Å². The summed E-state index contributed by atoms with van der Waals surface area (Å²) in [6, 6.07) is 7.06. The maximum atomic E-state index is 12.9. The van der Waals surface area contributed by atoms with Crippen LogP contribution in [0.1, 0.15) is 33.5 Å². The molecule has 1 unspecified atom stereocenters. The lowest BCUT2D eigenvalue weighted by Crippen LogP contribution is -2.12. The number of hydrogen-bond donors (Lipinski definition) is 1. The molecule has 0 aliphatic rings. The fraction of sp³-hybridized carbons (Fsp3) is 0.214. The van der Waals surface area contributed by atoms with Crippen LogP contribution in [0.2, 0.25) is 0 Å². The molecule has 0 bridgehead atoms. The minimum Gasteiger partial charge on any atom is -0.463 e. The molecule has 0 amide bonds. The van der Waals surface area contributed by atoms with Crippen molar-refractivity contribution >= 4 is 5.97 Å². The van der Waals surface area contributed by atoms with Gasteiger partial charge in [0.2, 0.25) is 5.76 Å². The van der Waals surface area contributed by atoms with Crippen molar-refractivity contribution in [2.45, 2.75) is 12.3 Å². The van der Waals surface area contributed by atoms with Gasteiger partial charge in [0.1, 0.15) is 11.9 Å². The molecule has 2 rings (SSSR count). The van der Waals surface area contributed by atoms with Crippen LogP contribution < -0.4 is 0 Å². The summed E-state index contributed by atoms with van der Waals surface area (Å²) in [4.78, 5) is 11.2. The van der Waals surface area contributed by atoms with Crippen LogP contribution in [0.5, 0.6) is 0 Å². The van der Waals surface area contributed by atoms with Crippen LogP contribution >= 0.6 is 0 Å². The summed E-state index contributed by atoms with van der Waals surface area (Å²) in [5.41, 5.74) is -1.32. The lowest BCUT2D eigenvalue weighted by Gasteiger charge is -2.15. The number of halogens is 3. The molecule has 112 valence electrons. The van der Waals surface area contributed by atoms with Gasteiger partial charge in [-0.1, -0.05) is 18.2 Å². The second-order valence-corrected chi connectivity index (χ2v) is 4.18. The molecule has 4 nitrogen and oxygen atoms in total. The molecule has 2 aromatic rings. The van der Waals surface area contributed by atoms with E-state index in [0.29, 0.717) is 0 Å². The van der Waals surface area contributed by atoms with Gasteiger partial charge in [-0.3, -0.25) is 0 Å². The van der Waals surface area contributed by atoms with Gasteiger partial charge in [-0.2, -0.15) is 13.2 Å². The van der Waals surface area contributed by atoms with Gasteiger partial charge < -0.3 is 14.3 Å². The highest BCUT2D eigenvalue weighted by Crippen LogP contribution is 2.36. The average molecular weight is 300 g/mol. The van der Waals surface area contributed by atoms with Crippen molar-refractivity contribution in [1.82, 2.24) is 0 Å². The molecule has 0 saturated heterocycles. The molecular formula is C14H11F3O4. The Bertz CT molecular complexity index is 646. The van der Waals surface area contributed by atoms with Crippen molar-refractivity contribution in [3.05, 3.63) is 59.0 Å². The van der Waals surface area contributed by atoms with Gasteiger partial charge in [0.25, 0.3) is 0 Å². The van der Waals surface area contributed by atoms with Crippen molar-refractivity contribution in [3.63, 3.8) is 0 Å². The number of alkyl halides is 3. The van der Waals surface area contributed by atoms with Gasteiger partial charge in [-0.05, 0) is 18.2 Å². The van der Waals surface area contributed by atoms with E-state index in [-0.39, 0.29) is 17.1 Å². The fourth-order valence-corrected chi connectivity index (χ4v) is 1.86. The Kier molecular flexibility index (Phi) is 4.04. The lowest BCUT2D eigenvalue weighted by molar-refractivity contribution is -0.139. The number of hydrogen-bond acceptors (Lipinski definition) is 4. The summed E-state index contributed by atoms with van der Waals surface area (Å²) in [6.45, 7) is 0. The number of carbonyl (C=O) groups is 1. The zero-order valence-electron chi connectivity index (χ0n) is 10.8. The molecule has 0 spiro atoms. The number of rotatable bonds is 3. The number of ether oxygens (including phenoxy) is 1. The molecule has 0 saturated carbocycles. The summed E-state index contributed by atoms with van der Waals surface area (Å²) < 4.78 is 48.1. The SMILES string of the molecule is COC(=O)c1ccc(C(O)c2ccccc2C(F)(F)F)o1. The first kappa shape index (κ1) is 15.1. The highest BCUT2D eigenvalue weighted by Gasteiger charge is 2.35. The summed E-state index contributed by atoms with van der Waals surface area (Å²) in [7, 11) is 1.14. The van der Waals surface area contributed by atoms with Gasteiger partial charge in [-0.15, -0.1) is 0 Å². The van der Waals surface area contributed by atoms with Gasteiger partial charge in [0, 0.05) is 5.56 Å². The van der Waals surface area contributed by atoms with Crippen LogP contribution in [0, 0.1) is 0 Å². The van der Waals surface area contributed by atoms with Crippen molar-refractivity contribution in [1.29, 1.82) is 0 Å². The van der Waals surface area contributed by atoms with Crippen molar-refractivity contribution < 1.29 is 32.2 Å². The topological polar surface area (TPSA) is 59.7 Å². The first-order valence-electron chi connectivity index (χ1n) is 5.87. The third-order valence-electron chi connectivity index (χ3n) is 2.84. The number of methoxy groups -OCH3 is 1. The predicted octanol–water partition coefficient (Wildman–Crippen LogP) is 3.17. The molecule has 7 heteroatoms. The van der Waals surface area contributed by atoms with Crippen LogP contribution in [0.3, 0.4) is 0 Å². The summed E-state index contributed by atoms with van der Waals surface area (Å²) in [5.74, 6) is -1.15. The van der Waals surface area contributed by atoms with Crippen LogP contribution in [0.15, 0.2) is 40.8 Å². The normalized spacial score (nSPS) is 13.0. The van der Waals surface area contributed by atoms with Crippen LogP contribution in [0.4, 0.5) is 13.2 Å². The molecule has 0 aliphatic heterocycles. The summed E-state index contributed by atoms with van der Waals surface area (Å²) >= 11 is 0. The summed E-state index contributed by atoms with van der Waals surface area (Å²) in [5, 5.41) is 10.1. The molecule has 1 N–H and O–H groups in total. The van der Waals surface area contributed by atoms with E-state index in [9.17, 15) is 23.1 Å². The lowest BCUT2D eigenvalue weighted by atomic mass is 10.0. The van der Waals surface area contributed by atoms with Gasteiger partial charge in [0.05, 0.1) is 12.7 Å². The van der Waals surface area contributed by atoms with Crippen molar-refractivity contribution in [3.8, 4) is 0 Å². The third kappa shape index (κ3) is 3.08. The zero-order chi connectivity index (χ0) is 15.6. The van der Waals surface area contributed by atoms with Crippen molar-refractivity contribution in [2.75, 3.05) is 7.11 Å². The molecule has 0 aliphatic carbocycles. The Morgan fingerprint density at radius 1 is 1.24 bits per heavy atom. The van der Waals surface area contributed by atoms with E-state index >= 15 is 0 Å². The van der Waals surface area contributed by atoms with Crippen LogP contribution in [0.25, 0.3) is 0 Å². The minimum absolute atomic E-state index is 0.174. The van der Waals surface area contributed by atoms with E-state index < -0.39 is 23.8 Å². The van der Waals surface area contributed by atoms with Gasteiger partial charge in [0.15, 0.2) is 0 Å². The monoisotopic (exact) mass is 300 g/mol. The largest absolute Gasteiger partial charge is 0.463 e. The maximum absolute atomic E-state index is 12.9. The number of furan rings is 1. The predicted molar refractivity (Wildman–Crippen MR) is 65.6 cm³/mol. The smallest absolute Gasteiger partial charge is 0.416 e. The second kappa shape index (κ2) is 5.61. The van der Waals surface area contributed by atoms with E-state index in [1.165, 1.54) is 24.3 Å². The summed E-state index contributed by atoms with van der Waals surface area (Å²) in [6.07, 6.45) is -6.24. The quantitative estimate of drug-likeness (QED) is 0.885. The molecule has 0 radical (unpaired) electrons. The van der Waals surface area contributed by atoms with E-state index in [2.05, 4.69) is 4.74 Å². The standard InChI is InChI=1S/C14H11F3O4/c1-20-13(19)11-7-6-10(21-11)12(18)8-4-2-3-5-9(8)14(15,16)17/h2-7,12,18H,1H3. The maximum Gasteiger partial charge on any atom is 0.416 e. The van der Waals surface area contributed by atoms with E-state index in [4.69, 9.17) is 4.42 Å². The Morgan fingerprint density at radius 2 is 1.90 bits per heavy atom. The Morgan fingerprint density at radius 3 is 2.52 bits per heavy atom. The molecular weight excluding hydrogens is 289 g/mol. The van der Waals surface area contributed by atoms with E-state index in [1.807, 2.05) is 0 Å². The van der Waals surface area contributed by atoms with Crippen LogP contribution in [-0.2, 0) is 10.9 Å². The highest BCUT2D eigenvalue weighted by atomic mass is 19.4. The molecule has 0 fully saturated rings. The molecule has 21 heavy (non-hydrogen) atoms. The average Bonchev–Trinajstić information content (AvgIpc) is 2.94. The van der Waals surface area contributed by atoms with E-state index in [0.717, 1.165) is 19.2 Å². The number of esters is 1. The van der Waals surface area contributed by atoms with Crippen molar-refractivity contribution in [2.24, 2.45) is 0 Å². The molecule has 1 heterocycles. The zero-order valence-corrected chi connectivity index (χ0v) is 10.8. The second-order valence-electron chi connectivity index (χ2n) is 4.18. The van der Waals surface area contributed by atoms with Crippen LogP contribution in [-0.4, -0.2) is 18.2 Å². The molecule has 1 aromatic carbocycles. The molecule has 1 atom stereocenters. The highest BCUT2D eigenvalue weighted by molar-refractivity contribution is 5.86. The van der Waals surface area contributed by atoms with Gasteiger partial charge in [-0.25, -0.2) is 4.79 Å². The first-order valence-corrected chi connectivity index (χ1v) is 5.87.